The smallest absolute Gasteiger partial charge is 0.227 e. The maximum absolute atomic E-state index is 6.59. The van der Waals surface area contributed by atoms with Crippen LogP contribution in [0.2, 0.25) is 0 Å². The SMILES string of the molecule is CC1(C)c2ccccc2-c2c(-c3nc(-c4ccc5c(ccc6ccc7ccc8nc(-c9ccccc9)oc8c7c65)c4)nc(-c4cccc5ccccc45)n3)cccc21. The summed E-state index contributed by atoms with van der Waals surface area (Å²) in [6.45, 7) is 4.61. The van der Waals surface area contributed by atoms with Crippen LogP contribution in [0.3, 0.4) is 0 Å². The Morgan fingerprint density at radius 2 is 1.05 bits per heavy atom. The minimum Gasteiger partial charge on any atom is -0.435 e. The van der Waals surface area contributed by atoms with Crippen molar-refractivity contribution < 1.29 is 4.42 Å². The van der Waals surface area contributed by atoms with E-state index < -0.39 is 0 Å². The number of hydrogen-bond donors (Lipinski definition) is 0. The van der Waals surface area contributed by atoms with Gasteiger partial charge < -0.3 is 4.42 Å². The lowest BCUT2D eigenvalue weighted by molar-refractivity contribution is 0.623. The average Bonchev–Trinajstić information content (AvgIpc) is 3.82. The van der Waals surface area contributed by atoms with Crippen LogP contribution >= 0.6 is 0 Å². The van der Waals surface area contributed by atoms with Gasteiger partial charge in [-0.1, -0.05) is 159 Å². The van der Waals surface area contributed by atoms with Crippen molar-refractivity contribution in [1.82, 2.24) is 19.9 Å². The Morgan fingerprint density at radius 1 is 0.414 bits per heavy atom. The Labute approximate surface area is 334 Å². The molecule has 58 heavy (non-hydrogen) atoms. The lowest BCUT2D eigenvalue weighted by Gasteiger charge is -2.21. The summed E-state index contributed by atoms with van der Waals surface area (Å²) in [6.07, 6.45) is 0. The van der Waals surface area contributed by atoms with Crippen LogP contribution in [-0.2, 0) is 5.41 Å². The molecule has 9 aromatic carbocycles. The first-order valence-corrected chi connectivity index (χ1v) is 19.7. The zero-order valence-electron chi connectivity index (χ0n) is 31.9. The van der Waals surface area contributed by atoms with Gasteiger partial charge in [0.25, 0.3) is 0 Å². The molecular formula is C53H34N4O. The normalized spacial score (nSPS) is 13.1. The van der Waals surface area contributed by atoms with Crippen LogP contribution < -0.4 is 0 Å². The maximum Gasteiger partial charge on any atom is 0.227 e. The van der Waals surface area contributed by atoms with E-state index in [9.17, 15) is 0 Å². The summed E-state index contributed by atoms with van der Waals surface area (Å²) in [5.74, 6) is 2.54. The van der Waals surface area contributed by atoms with E-state index in [0.717, 1.165) is 76.4 Å². The van der Waals surface area contributed by atoms with Crippen LogP contribution in [0.25, 0.3) is 111 Å². The highest BCUT2D eigenvalue weighted by atomic mass is 16.3. The first-order valence-electron chi connectivity index (χ1n) is 19.7. The van der Waals surface area contributed by atoms with E-state index in [1.807, 2.05) is 30.3 Å². The first kappa shape index (κ1) is 32.7. The molecule has 1 aliphatic rings. The Morgan fingerprint density at radius 3 is 1.93 bits per heavy atom. The summed E-state index contributed by atoms with van der Waals surface area (Å²) in [4.78, 5) is 20.8. The van der Waals surface area contributed by atoms with Gasteiger partial charge in [-0.05, 0) is 78.8 Å². The number of oxazole rings is 1. The topological polar surface area (TPSA) is 64.7 Å². The van der Waals surface area contributed by atoms with Gasteiger partial charge in [0.2, 0.25) is 5.89 Å². The molecule has 5 nitrogen and oxygen atoms in total. The monoisotopic (exact) mass is 742 g/mol. The molecule has 2 aromatic heterocycles. The molecule has 0 aliphatic heterocycles. The van der Waals surface area contributed by atoms with Gasteiger partial charge in [-0.25, -0.2) is 19.9 Å². The second kappa shape index (κ2) is 12.2. The minimum absolute atomic E-state index is 0.151. The molecule has 0 fully saturated rings. The highest BCUT2D eigenvalue weighted by molar-refractivity contribution is 6.26. The van der Waals surface area contributed by atoms with Crippen molar-refractivity contribution in [2.75, 3.05) is 0 Å². The molecule has 0 bridgehead atoms. The van der Waals surface area contributed by atoms with E-state index >= 15 is 0 Å². The molecule has 0 atom stereocenters. The average molecular weight is 743 g/mol. The van der Waals surface area contributed by atoms with Gasteiger partial charge in [-0.15, -0.1) is 0 Å². The molecule has 0 spiro atoms. The Bertz CT molecular complexity index is 3490. The summed E-state index contributed by atoms with van der Waals surface area (Å²) < 4.78 is 6.59. The van der Waals surface area contributed by atoms with Crippen LogP contribution in [0.1, 0.15) is 25.0 Å². The van der Waals surface area contributed by atoms with Crippen LogP contribution in [0.15, 0.2) is 174 Å². The third-order valence-electron chi connectivity index (χ3n) is 12.1. The quantitative estimate of drug-likeness (QED) is 0.168. The highest BCUT2D eigenvalue weighted by Gasteiger charge is 2.37. The van der Waals surface area contributed by atoms with Crippen molar-refractivity contribution >= 4 is 54.2 Å². The molecule has 12 rings (SSSR count). The van der Waals surface area contributed by atoms with Gasteiger partial charge in [0.15, 0.2) is 23.1 Å². The van der Waals surface area contributed by atoms with Gasteiger partial charge in [0.1, 0.15) is 5.52 Å². The molecule has 0 unspecified atom stereocenters. The van der Waals surface area contributed by atoms with E-state index in [0.29, 0.717) is 23.4 Å². The molecule has 0 radical (unpaired) electrons. The molecule has 11 aromatic rings. The van der Waals surface area contributed by atoms with Crippen molar-refractivity contribution in [2.45, 2.75) is 19.3 Å². The number of rotatable bonds is 4. The second-order valence-electron chi connectivity index (χ2n) is 15.8. The van der Waals surface area contributed by atoms with Crippen molar-refractivity contribution in [2.24, 2.45) is 0 Å². The fraction of sp³-hybridized carbons (Fsp3) is 0.0566. The molecule has 1 aliphatic carbocycles. The molecule has 0 saturated carbocycles. The van der Waals surface area contributed by atoms with Crippen LogP contribution in [-0.4, -0.2) is 19.9 Å². The first-order chi connectivity index (χ1) is 28.5. The Kier molecular flexibility index (Phi) is 6.91. The predicted molar refractivity (Wildman–Crippen MR) is 237 cm³/mol. The minimum atomic E-state index is -0.151. The molecule has 0 amide bonds. The van der Waals surface area contributed by atoms with E-state index in [2.05, 4.69) is 153 Å². The predicted octanol–water partition coefficient (Wildman–Crippen LogP) is 13.6. The van der Waals surface area contributed by atoms with E-state index in [1.54, 1.807) is 0 Å². The number of aromatic nitrogens is 4. The summed E-state index contributed by atoms with van der Waals surface area (Å²) >= 11 is 0. The fourth-order valence-corrected chi connectivity index (χ4v) is 9.30. The number of benzene rings is 9. The molecule has 5 heteroatoms. The van der Waals surface area contributed by atoms with E-state index in [4.69, 9.17) is 24.4 Å². The summed E-state index contributed by atoms with van der Waals surface area (Å²) in [5, 5.41) is 8.89. The third kappa shape index (κ3) is 4.83. The lowest BCUT2D eigenvalue weighted by Crippen LogP contribution is -2.14. The Balaban J connectivity index is 1.09. The zero-order valence-corrected chi connectivity index (χ0v) is 31.9. The standard InChI is InChI=1S/C53H34N4O/c1-53(2)42-20-9-8-17-40(42)47-41(19-11-21-43(47)53)51-56-49(55-50(57-51)39-18-10-15-31-12-6-7-16-37(31)39)36-26-28-38-35(30-36)25-24-32-22-23-33-27-29-44-48(46(33)45(32)38)58-52(54-44)34-13-4-3-5-14-34/h3-30H,1-2H3. The molecule has 272 valence electrons. The molecular weight excluding hydrogens is 709 g/mol. The summed E-state index contributed by atoms with van der Waals surface area (Å²) in [7, 11) is 0. The Hall–Kier alpha value is -7.50. The van der Waals surface area contributed by atoms with Gasteiger partial charge in [0.05, 0.1) is 0 Å². The number of hydrogen-bond acceptors (Lipinski definition) is 5. The maximum atomic E-state index is 6.59. The number of fused-ring (bicyclic) bond motifs is 11. The molecule has 0 N–H and O–H groups in total. The van der Waals surface area contributed by atoms with Crippen LogP contribution in [0.5, 0.6) is 0 Å². The van der Waals surface area contributed by atoms with Gasteiger partial charge in [0, 0.05) is 38.4 Å². The lowest BCUT2D eigenvalue weighted by atomic mass is 9.82. The largest absolute Gasteiger partial charge is 0.435 e. The van der Waals surface area contributed by atoms with Crippen LogP contribution in [0, 0.1) is 0 Å². The third-order valence-corrected chi connectivity index (χ3v) is 12.1. The van der Waals surface area contributed by atoms with Crippen molar-refractivity contribution in [3.05, 3.63) is 181 Å². The highest BCUT2D eigenvalue weighted by Crippen LogP contribution is 2.52. The van der Waals surface area contributed by atoms with Crippen molar-refractivity contribution in [1.29, 1.82) is 0 Å². The van der Waals surface area contributed by atoms with E-state index in [1.165, 1.54) is 22.3 Å². The van der Waals surface area contributed by atoms with Gasteiger partial charge in [-0.2, -0.15) is 0 Å². The molecule has 2 heterocycles. The molecule has 0 saturated heterocycles. The second-order valence-corrected chi connectivity index (χ2v) is 15.8. The van der Waals surface area contributed by atoms with Crippen LogP contribution in [0.4, 0.5) is 0 Å². The van der Waals surface area contributed by atoms with Crippen molar-refractivity contribution in [3.63, 3.8) is 0 Å². The fourth-order valence-electron chi connectivity index (χ4n) is 9.30. The summed E-state index contributed by atoms with van der Waals surface area (Å²) in [6, 6.07) is 59.6. The summed E-state index contributed by atoms with van der Waals surface area (Å²) in [5.41, 5.74) is 10.3. The van der Waals surface area contributed by atoms with Gasteiger partial charge in [-0.3, -0.25) is 0 Å². The van der Waals surface area contributed by atoms with Gasteiger partial charge >= 0.3 is 0 Å². The zero-order chi connectivity index (χ0) is 38.5. The van der Waals surface area contributed by atoms with Crippen molar-refractivity contribution in [3.8, 4) is 56.7 Å². The number of nitrogens with zero attached hydrogens (tertiary/aromatic N) is 4. The van der Waals surface area contributed by atoms with E-state index in [-0.39, 0.29) is 5.41 Å².